The Hall–Kier alpha value is -0.110. The van der Waals surface area contributed by atoms with Crippen molar-refractivity contribution >= 4 is 0 Å². The normalized spacial score (nSPS) is 23.1. The van der Waals surface area contributed by atoms with Gasteiger partial charge in [-0.1, -0.05) is 39.5 Å². The maximum absolute atomic E-state index is 14.2. The van der Waals surface area contributed by atoms with Gasteiger partial charge in [0, 0.05) is 12.0 Å². The summed E-state index contributed by atoms with van der Waals surface area (Å²) in [6.45, 7) is 4.34. The molecular formula is C12H24FN. The minimum Gasteiger partial charge on any atom is -0.330 e. The van der Waals surface area contributed by atoms with Crippen LogP contribution < -0.4 is 5.73 Å². The molecule has 0 heterocycles. The van der Waals surface area contributed by atoms with Crippen LogP contribution in [0.1, 0.15) is 52.4 Å². The summed E-state index contributed by atoms with van der Waals surface area (Å²) in [7, 11) is 0. The molecule has 2 N–H and O–H groups in total. The summed E-state index contributed by atoms with van der Waals surface area (Å²) in [5.41, 5.74) is 5.27. The van der Waals surface area contributed by atoms with Crippen LogP contribution in [0.25, 0.3) is 0 Å². The molecule has 0 spiro atoms. The van der Waals surface area contributed by atoms with Gasteiger partial charge < -0.3 is 5.73 Å². The van der Waals surface area contributed by atoms with E-state index >= 15 is 0 Å². The van der Waals surface area contributed by atoms with Crippen molar-refractivity contribution in [3.05, 3.63) is 0 Å². The maximum atomic E-state index is 14.2. The van der Waals surface area contributed by atoms with Crippen molar-refractivity contribution in [2.45, 2.75) is 58.5 Å². The predicted molar refractivity (Wildman–Crippen MR) is 58.9 cm³/mol. The number of alkyl halides is 1. The molecule has 1 saturated carbocycles. The van der Waals surface area contributed by atoms with E-state index in [0.717, 1.165) is 12.8 Å². The quantitative estimate of drug-likeness (QED) is 0.697. The third kappa shape index (κ3) is 2.94. The summed E-state index contributed by atoms with van der Waals surface area (Å²) >= 11 is 0. The van der Waals surface area contributed by atoms with Gasteiger partial charge in [0.25, 0.3) is 0 Å². The van der Waals surface area contributed by atoms with Gasteiger partial charge in [0.15, 0.2) is 0 Å². The molecule has 0 saturated heterocycles. The van der Waals surface area contributed by atoms with E-state index in [9.17, 15) is 4.39 Å². The number of nitrogens with two attached hydrogens (primary N) is 1. The largest absolute Gasteiger partial charge is 0.330 e. The van der Waals surface area contributed by atoms with Crippen LogP contribution in [0.3, 0.4) is 0 Å². The Morgan fingerprint density at radius 2 is 1.71 bits per heavy atom. The monoisotopic (exact) mass is 201 g/mol. The summed E-state index contributed by atoms with van der Waals surface area (Å²) < 4.78 is 14.2. The third-order valence-electron chi connectivity index (χ3n) is 3.59. The smallest absolute Gasteiger partial charge is 0.109 e. The summed E-state index contributed by atoms with van der Waals surface area (Å²) in [4.78, 5) is 0. The Labute approximate surface area is 87.3 Å². The van der Waals surface area contributed by atoms with Crippen LogP contribution in [-0.2, 0) is 0 Å². The molecule has 14 heavy (non-hydrogen) atoms. The fourth-order valence-electron chi connectivity index (χ4n) is 2.35. The van der Waals surface area contributed by atoms with Crippen molar-refractivity contribution in [2.75, 3.05) is 6.54 Å². The molecule has 1 fully saturated rings. The standard InChI is InChI=1S/C12H24FN/c1-12(2,9-14)11(13)10-7-5-3-4-6-8-10/h10-11H,3-9,14H2,1-2H3. The highest BCUT2D eigenvalue weighted by Gasteiger charge is 2.34. The lowest BCUT2D eigenvalue weighted by Gasteiger charge is -2.32. The lowest BCUT2D eigenvalue weighted by atomic mass is 9.78. The summed E-state index contributed by atoms with van der Waals surface area (Å²) in [5, 5.41) is 0. The minimum absolute atomic E-state index is 0.260. The molecule has 0 bridgehead atoms. The van der Waals surface area contributed by atoms with E-state index < -0.39 is 6.17 Å². The zero-order valence-electron chi connectivity index (χ0n) is 9.56. The summed E-state index contributed by atoms with van der Waals surface area (Å²) in [5.74, 6) is 0.260. The first-order valence-electron chi connectivity index (χ1n) is 5.92. The van der Waals surface area contributed by atoms with Gasteiger partial charge in [-0.3, -0.25) is 0 Å². The Kier molecular flexibility index (Phi) is 4.36. The van der Waals surface area contributed by atoms with Crippen molar-refractivity contribution in [1.29, 1.82) is 0 Å². The van der Waals surface area contributed by atoms with Crippen molar-refractivity contribution in [1.82, 2.24) is 0 Å². The van der Waals surface area contributed by atoms with Crippen LogP contribution in [0.2, 0.25) is 0 Å². The second-order valence-electron chi connectivity index (χ2n) is 5.35. The zero-order chi connectivity index (χ0) is 10.6. The molecule has 1 aliphatic rings. The van der Waals surface area contributed by atoms with Gasteiger partial charge in [-0.25, -0.2) is 4.39 Å². The number of hydrogen-bond donors (Lipinski definition) is 1. The first-order valence-corrected chi connectivity index (χ1v) is 5.92. The average Bonchev–Trinajstić information content (AvgIpc) is 2.44. The van der Waals surface area contributed by atoms with Crippen LogP contribution in [0, 0.1) is 11.3 Å². The highest BCUT2D eigenvalue weighted by Crippen LogP contribution is 2.35. The molecule has 1 aliphatic carbocycles. The van der Waals surface area contributed by atoms with Gasteiger partial charge in [-0.15, -0.1) is 0 Å². The van der Waals surface area contributed by atoms with Crippen molar-refractivity contribution in [2.24, 2.45) is 17.1 Å². The first-order chi connectivity index (χ1) is 6.58. The Morgan fingerprint density at radius 1 is 1.21 bits per heavy atom. The molecule has 2 heteroatoms. The molecule has 1 rings (SSSR count). The highest BCUT2D eigenvalue weighted by molar-refractivity contribution is 4.85. The van der Waals surface area contributed by atoms with Gasteiger partial charge in [0.1, 0.15) is 6.17 Å². The van der Waals surface area contributed by atoms with Crippen molar-refractivity contribution in [3.8, 4) is 0 Å². The topological polar surface area (TPSA) is 26.0 Å². The van der Waals surface area contributed by atoms with Gasteiger partial charge in [-0.2, -0.15) is 0 Å². The number of hydrogen-bond acceptors (Lipinski definition) is 1. The second kappa shape index (κ2) is 5.11. The molecule has 1 nitrogen and oxygen atoms in total. The molecule has 0 aromatic carbocycles. The molecule has 0 aromatic heterocycles. The van der Waals surface area contributed by atoms with Crippen LogP contribution in [0.4, 0.5) is 4.39 Å². The highest BCUT2D eigenvalue weighted by atomic mass is 19.1. The van der Waals surface area contributed by atoms with E-state index in [0.29, 0.717) is 6.54 Å². The van der Waals surface area contributed by atoms with E-state index in [4.69, 9.17) is 5.73 Å². The molecule has 1 atom stereocenters. The van der Waals surface area contributed by atoms with Crippen LogP contribution in [-0.4, -0.2) is 12.7 Å². The van der Waals surface area contributed by atoms with Crippen molar-refractivity contribution < 1.29 is 4.39 Å². The Morgan fingerprint density at radius 3 is 2.14 bits per heavy atom. The van der Waals surface area contributed by atoms with E-state index in [1.54, 1.807) is 0 Å². The predicted octanol–water partition coefficient (Wildman–Crippen LogP) is 3.28. The van der Waals surface area contributed by atoms with E-state index in [1.165, 1.54) is 25.7 Å². The third-order valence-corrected chi connectivity index (χ3v) is 3.59. The molecule has 0 radical (unpaired) electrons. The lowest BCUT2D eigenvalue weighted by molar-refractivity contribution is 0.0804. The fourth-order valence-corrected chi connectivity index (χ4v) is 2.35. The van der Waals surface area contributed by atoms with Gasteiger partial charge in [-0.05, 0) is 18.8 Å². The molecule has 0 amide bonds. The second-order valence-corrected chi connectivity index (χ2v) is 5.35. The minimum atomic E-state index is -0.717. The van der Waals surface area contributed by atoms with Crippen molar-refractivity contribution in [3.63, 3.8) is 0 Å². The Balaban J connectivity index is 2.53. The van der Waals surface area contributed by atoms with Crippen LogP contribution in [0.5, 0.6) is 0 Å². The van der Waals surface area contributed by atoms with Crippen LogP contribution in [0.15, 0.2) is 0 Å². The Bertz CT molecular complexity index is 160. The van der Waals surface area contributed by atoms with E-state index in [1.807, 2.05) is 13.8 Å². The average molecular weight is 201 g/mol. The molecule has 0 aliphatic heterocycles. The molecule has 0 aromatic rings. The van der Waals surface area contributed by atoms with Crippen LogP contribution >= 0.6 is 0 Å². The number of halogens is 1. The SMILES string of the molecule is CC(C)(CN)C(F)C1CCCCCC1. The maximum Gasteiger partial charge on any atom is 0.109 e. The first kappa shape index (κ1) is 12.0. The van der Waals surface area contributed by atoms with Gasteiger partial charge in [0.05, 0.1) is 0 Å². The van der Waals surface area contributed by atoms with E-state index in [2.05, 4.69) is 0 Å². The lowest BCUT2D eigenvalue weighted by Crippen LogP contribution is -2.38. The molecule has 1 unspecified atom stereocenters. The van der Waals surface area contributed by atoms with Gasteiger partial charge >= 0.3 is 0 Å². The molecular weight excluding hydrogens is 177 g/mol. The fraction of sp³-hybridized carbons (Fsp3) is 1.00. The van der Waals surface area contributed by atoms with Gasteiger partial charge in [0.2, 0.25) is 0 Å². The molecule has 84 valence electrons. The summed E-state index contributed by atoms with van der Waals surface area (Å²) in [6.07, 6.45) is 6.37. The number of rotatable bonds is 3. The summed E-state index contributed by atoms with van der Waals surface area (Å²) in [6, 6.07) is 0. The van der Waals surface area contributed by atoms with E-state index in [-0.39, 0.29) is 11.3 Å². The zero-order valence-corrected chi connectivity index (χ0v) is 9.56.